The lowest BCUT2D eigenvalue weighted by Crippen LogP contribution is -1.92. The van der Waals surface area contributed by atoms with Gasteiger partial charge in [0.15, 0.2) is 0 Å². The Hall–Kier alpha value is -6.02. The third-order valence-electron chi connectivity index (χ3n) is 10.1. The maximum absolute atomic E-state index is 2.37. The van der Waals surface area contributed by atoms with Crippen LogP contribution >= 0.6 is 11.3 Å². The Morgan fingerprint density at radius 3 is 1.49 bits per heavy atom. The SMILES string of the molecule is c1ccc(-c2ccccc2-c2c3ccccc3c(-c3ccc(-c4cccc5sc6cc7ccccc7cc6c45)cc3)c3ccccc23)cc1. The van der Waals surface area contributed by atoms with Crippen molar-refractivity contribution in [3.63, 3.8) is 0 Å². The van der Waals surface area contributed by atoms with Gasteiger partial charge in [-0.25, -0.2) is 0 Å². The summed E-state index contributed by atoms with van der Waals surface area (Å²) >= 11 is 1.89. The summed E-state index contributed by atoms with van der Waals surface area (Å²) in [7, 11) is 0. The summed E-state index contributed by atoms with van der Waals surface area (Å²) in [6.07, 6.45) is 0. The molecule has 0 nitrogen and oxygen atoms in total. The first-order chi connectivity index (χ1) is 24.3. The molecule has 0 aliphatic carbocycles. The summed E-state index contributed by atoms with van der Waals surface area (Å²) < 4.78 is 2.67. The maximum Gasteiger partial charge on any atom is 0.0362 e. The van der Waals surface area contributed by atoms with E-state index < -0.39 is 0 Å². The number of rotatable bonds is 4. The average molecular weight is 639 g/mol. The second-order valence-electron chi connectivity index (χ2n) is 12.8. The van der Waals surface area contributed by atoms with Gasteiger partial charge in [-0.05, 0) is 95.0 Å². The molecule has 0 atom stereocenters. The fraction of sp³-hybridized carbons (Fsp3) is 0. The summed E-state index contributed by atoms with van der Waals surface area (Å²) in [4.78, 5) is 0. The lowest BCUT2D eigenvalue weighted by molar-refractivity contribution is 1.60. The number of hydrogen-bond acceptors (Lipinski definition) is 1. The first kappa shape index (κ1) is 28.0. The fourth-order valence-corrected chi connectivity index (χ4v) is 9.03. The minimum Gasteiger partial charge on any atom is -0.135 e. The van der Waals surface area contributed by atoms with Crippen LogP contribution in [-0.4, -0.2) is 0 Å². The van der Waals surface area contributed by atoms with Crippen LogP contribution in [0.2, 0.25) is 0 Å². The molecule has 0 bridgehead atoms. The monoisotopic (exact) mass is 638 g/mol. The predicted octanol–water partition coefficient (Wildman–Crippen LogP) is 14.2. The van der Waals surface area contributed by atoms with Crippen molar-refractivity contribution in [3.05, 3.63) is 182 Å². The zero-order valence-corrected chi connectivity index (χ0v) is 27.5. The molecule has 0 spiro atoms. The smallest absolute Gasteiger partial charge is 0.0362 e. The topological polar surface area (TPSA) is 0 Å². The Morgan fingerprint density at radius 1 is 0.286 bits per heavy atom. The molecule has 0 radical (unpaired) electrons. The molecule has 0 saturated heterocycles. The normalized spacial score (nSPS) is 11.7. The standard InChI is InChI=1S/C48H30S/c1-2-13-31(14-3-1)36-17-6-7-18-38(36)47-41-21-10-8-19-39(41)46(40-20-9-11-22-42(40)47)33-27-25-32(26-28-33)37-23-12-24-44-48(37)43-29-34-15-4-5-16-35(34)30-45(43)49-44/h1-30H. The third-order valence-corrected chi connectivity index (χ3v) is 11.2. The summed E-state index contributed by atoms with van der Waals surface area (Å²) in [6.45, 7) is 0. The highest BCUT2D eigenvalue weighted by atomic mass is 32.1. The van der Waals surface area contributed by atoms with Gasteiger partial charge in [0.2, 0.25) is 0 Å². The van der Waals surface area contributed by atoms with Crippen LogP contribution < -0.4 is 0 Å². The Labute approximate surface area is 289 Å². The van der Waals surface area contributed by atoms with Crippen LogP contribution in [0.1, 0.15) is 0 Å². The van der Waals surface area contributed by atoms with E-state index in [1.165, 1.54) is 97.0 Å². The van der Waals surface area contributed by atoms with Gasteiger partial charge in [-0.15, -0.1) is 11.3 Å². The van der Waals surface area contributed by atoms with Crippen LogP contribution in [0, 0.1) is 0 Å². The van der Waals surface area contributed by atoms with Crippen molar-refractivity contribution in [2.45, 2.75) is 0 Å². The van der Waals surface area contributed by atoms with Crippen molar-refractivity contribution >= 4 is 63.8 Å². The molecule has 0 unspecified atom stereocenters. The highest BCUT2D eigenvalue weighted by molar-refractivity contribution is 7.26. The van der Waals surface area contributed by atoms with Crippen LogP contribution in [0.4, 0.5) is 0 Å². The van der Waals surface area contributed by atoms with E-state index >= 15 is 0 Å². The Kier molecular flexibility index (Phi) is 6.47. The van der Waals surface area contributed by atoms with Crippen LogP contribution in [-0.2, 0) is 0 Å². The molecule has 1 heteroatoms. The molecule has 1 heterocycles. The molecule has 9 aromatic carbocycles. The zero-order chi connectivity index (χ0) is 32.3. The molecule has 0 aliphatic heterocycles. The molecule has 0 saturated carbocycles. The predicted molar refractivity (Wildman–Crippen MR) is 214 cm³/mol. The summed E-state index contributed by atoms with van der Waals surface area (Å²) in [5.41, 5.74) is 10.1. The van der Waals surface area contributed by atoms with E-state index in [4.69, 9.17) is 0 Å². The third kappa shape index (κ3) is 4.51. The van der Waals surface area contributed by atoms with Crippen LogP contribution in [0.5, 0.6) is 0 Å². The van der Waals surface area contributed by atoms with Gasteiger partial charge < -0.3 is 0 Å². The second-order valence-corrected chi connectivity index (χ2v) is 13.9. The molecule has 0 N–H and O–H groups in total. The summed E-state index contributed by atoms with van der Waals surface area (Å²) in [5.74, 6) is 0. The Balaban J connectivity index is 1.17. The van der Waals surface area contributed by atoms with Crippen molar-refractivity contribution in [1.29, 1.82) is 0 Å². The average Bonchev–Trinajstić information content (AvgIpc) is 3.54. The van der Waals surface area contributed by atoms with E-state index in [0.717, 1.165) is 0 Å². The molecule has 0 fully saturated rings. The molecule has 10 rings (SSSR count). The van der Waals surface area contributed by atoms with Crippen molar-refractivity contribution in [1.82, 2.24) is 0 Å². The largest absolute Gasteiger partial charge is 0.135 e. The van der Waals surface area contributed by atoms with E-state index in [0.29, 0.717) is 0 Å². The van der Waals surface area contributed by atoms with Crippen molar-refractivity contribution < 1.29 is 0 Å². The zero-order valence-electron chi connectivity index (χ0n) is 26.7. The molecular weight excluding hydrogens is 609 g/mol. The molecule has 1 aromatic heterocycles. The first-order valence-corrected chi connectivity index (χ1v) is 17.7. The summed E-state index contributed by atoms with van der Waals surface area (Å²) in [5, 5.41) is 10.3. The van der Waals surface area contributed by atoms with Gasteiger partial charge in [0, 0.05) is 20.2 Å². The number of hydrogen-bond donors (Lipinski definition) is 0. The second kappa shape index (κ2) is 11.3. The quantitative estimate of drug-likeness (QED) is 0.168. The lowest BCUT2D eigenvalue weighted by Gasteiger charge is -2.20. The van der Waals surface area contributed by atoms with Gasteiger partial charge >= 0.3 is 0 Å². The van der Waals surface area contributed by atoms with Crippen LogP contribution in [0.15, 0.2) is 182 Å². The number of fused-ring (bicyclic) bond motifs is 6. The van der Waals surface area contributed by atoms with Crippen molar-refractivity contribution in [3.8, 4) is 44.5 Å². The van der Waals surface area contributed by atoms with E-state index in [-0.39, 0.29) is 0 Å². The van der Waals surface area contributed by atoms with Crippen molar-refractivity contribution in [2.24, 2.45) is 0 Å². The molecule has 0 amide bonds. The molecule has 10 aromatic rings. The van der Waals surface area contributed by atoms with Gasteiger partial charge in [0.25, 0.3) is 0 Å². The Bertz CT molecular complexity index is 2800. The van der Waals surface area contributed by atoms with Crippen LogP contribution in [0.25, 0.3) is 97.0 Å². The van der Waals surface area contributed by atoms with Gasteiger partial charge in [-0.2, -0.15) is 0 Å². The highest BCUT2D eigenvalue weighted by Gasteiger charge is 2.19. The van der Waals surface area contributed by atoms with Gasteiger partial charge in [0.05, 0.1) is 0 Å². The van der Waals surface area contributed by atoms with Gasteiger partial charge in [-0.1, -0.05) is 164 Å². The van der Waals surface area contributed by atoms with E-state index in [1.54, 1.807) is 0 Å². The highest BCUT2D eigenvalue weighted by Crippen LogP contribution is 2.47. The van der Waals surface area contributed by atoms with Crippen LogP contribution in [0.3, 0.4) is 0 Å². The minimum absolute atomic E-state index is 1.23. The maximum atomic E-state index is 2.37. The molecule has 0 aliphatic rings. The molecule has 49 heavy (non-hydrogen) atoms. The number of benzene rings is 9. The van der Waals surface area contributed by atoms with Gasteiger partial charge in [-0.3, -0.25) is 0 Å². The number of thiophene rings is 1. The Morgan fingerprint density at radius 2 is 0.796 bits per heavy atom. The van der Waals surface area contributed by atoms with E-state index in [9.17, 15) is 0 Å². The summed E-state index contributed by atoms with van der Waals surface area (Å²) in [6, 6.07) is 66.9. The minimum atomic E-state index is 1.23. The first-order valence-electron chi connectivity index (χ1n) is 16.8. The van der Waals surface area contributed by atoms with E-state index in [1.807, 2.05) is 11.3 Å². The molecular formula is C48H30S. The van der Waals surface area contributed by atoms with Gasteiger partial charge in [0.1, 0.15) is 0 Å². The fourth-order valence-electron chi connectivity index (χ4n) is 7.87. The molecule has 228 valence electrons. The lowest BCUT2D eigenvalue weighted by atomic mass is 9.83. The van der Waals surface area contributed by atoms with E-state index in [2.05, 4.69) is 182 Å². The van der Waals surface area contributed by atoms with Crippen molar-refractivity contribution in [2.75, 3.05) is 0 Å².